The number of anilines is 1. The van der Waals surface area contributed by atoms with Crippen LogP contribution in [0.4, 0.5) is 5.13 Å². The summed E-state index contributed by atoms with van der Waals surface area (Å²) in [6.07, 6.45) is 8.61. The SMILES string of the molecule is CCSC1CCC(NC2CCN(c3nccs3)CC2)C1. The van der Waals surface area contributed by atoms with Crippen LogP contribution in [0.5, 0.6) is 0 Å². The summed E-state index contributed by atoms with van der Waals surface area (Å²) in [5.41, 5.74) is 0. The predicted molar refractivity (Wildman–Crippen MR) is 90.0 cm³/mol. The van der Waals surface area contributed by atoms with Crippen molar-refractivity contribution in [1.82, 2.24) is 10.3 Å². The van der Waals surface area contributed by atoms with Crippen molar-refractivity contribution in [3.63, 3.8) is 0 Å². The van der Waals surface area contributed by atoms with Crippen LogP contribution in [0, 0.1) is 0 Å². The highest BCUT2D eigenvalue weighted by Gasteiger charge is 2.28. The van der Waals surface area contributed by atoms with Gasteiger partial charge in [0.15, 0.2) is 5.13 Å². The van der Waals surface area contributed by atoms with E-state index in [0.717, 1.165) is 30.4 Å². The van der Waals surface area contributed by atoms with Crippen molar-refractivity contribution in [2.24, 2.45) is 0 Å². The Morgan fingerprint density at radius 1 is 1.30 bits per heavy atom. The summed E-state index contributed by atoms with van der Waals surface area (Å²) in [5, 5.41) is 8.10. The van der Waals surface area contributed by atoms with Crippen LogP contribution >= 0.6 is 23.1 Å². The Kier molecular flexibility index (Phi) is 5.24. The molecule has 2 fully saturated rings. The smallest absolute Gasteiger partial charge is 0.185 e. The van der Waals surface area contributed by atoms with Gasteiger partial charge in [0.1, 0.15) is 0 Å². The molecule has 1 saturated carbocycles. The Morgan fingerprint density at radius 2 is 2.15 bits per heavy atom. The van der Waals surface area contributed by atoms with Crippen LogP contribution < -0.4 is 10.2 Å². The summed E-state index contributed by atoms with van der Waals surface area (Å²) >= 11 is 3.91. The van der Waals surface area contributed by atoms with E-state index in [2.05, 4.69) is 39.3 Å². The lowest BCUT2D eigenvalue weighted by molar-refractivity contribution is 0.368. The van der Waals surface area contributed by atoms with E-state index in [1.54, 1.807) is 11.3 Å². The molecular formula is C15H25N3S2. The third-order valence-electron chi connectivity index (χ3n) is 4.44. The minimum atomic E-state index is 0.724. The molecule has 2 heterocycles. The Morgan fingerprint density at radius 3 is 2.85 bits per heavy atom. The fourth-order valence-corrected chi connectivity index (χ4v) is 5.26. The van der Waals surface area contributed by atoms with Gasteiger partial charge in [0.2, 0.25) is 0 Å². The molecule has 20 heavy (non-hydrogen) atoms. The standard InChI is InChI=1S/C15H25N3S2/c1-2-19-14-4-3-13(11-14)17-12-5-8-18(9-6-12)15-16-7-10-20-15/h7,10,12-14,17H,2-6,8-9,11H2,1H3. The summed E-state index contributed by atoms with van der Waals surface area (Å²) in [4.78, 5) is 6.86. The van der Waals surface area contributed by atoms with E-state index in [1.807, 2.05) is 6.20 Å². The summed E-state index contributed by atoms with van der Waals surface area (Å²) in [5.74, 6) is 1.27. The van der Waals surface area contributed by atoms with Crippen molar-refractivity contribution in [1.29, 1.82) is 0 Å². The van der Waals surface area contributed by atoms with Crippen molar-refractivity contribution in [3.05, 3.63) is 11.6 Å². The highest BCUT2D eigenvalue weighted by molar-refractivity contribution is 7.99. The second-order valence-corrected chi connectivity index (χ2v) is 8.28. The van der Waals surface area contributed by atoms with Crippen LogP contribution in [0.15, 0.2) is 11.6 Å². The number of thiazole rings is 1. The molecule has 112 valence electrons. The zero-order chi connectivity index (χ0) is 13.8. The predicted octanol–water partition coefficient (Wildman–Crippen LogP) is 3.38. The van der Waals surface area contributed by atoms with Crippen LogP contribution in [-0.2, 0) is 0 Å². The number of hydrogen-bond acceptors (Lipinski definition) is 5. The summed E-state index contributed by atoms with van der Waals surface area (Å²) < 4.78 is 0. The van der Waals surface area contributed by atoms with E-state index in [-0.39, 0.29) is 0 Å². The second-order valence-electron chi connectivity index (χ2n) is 5.83. The first-order valence-corrected chi connectivity index (χ1v) is 9.80. The largest absolute Gasteiger partial charge is 0.348 e. The third kappa shape index (κ3) is 3.68. The van der Waals surface area contributed by atoms with Gasteiger partial charge >= 0.3 is 0 Å². The maximum atomic E-state index is 4.42. The lowest BCUT2D eigenvalue weighted by Crippen LogP contribution is -2.45. The molecule has 1 saturated heterocycles. The first-order valence-electron chi connectivity index (χ1n) is 7.87. The molecule has 1 aromatic rings. The molecular weight excluding hydrogens is 286 g/mol. The lowest BCUT2D eigenvalue weighted by Gasteiger charge is -2.33. The summed E-state index contributed by atoms with van der Waals surface area (Å²) in [6.45, 7) is 4.59. The van der Waals surface area contributed by atoms with Gasteiger partial charge in [-0.1, -0.05) is 6.92 Å². The maximum Gasteiger partial charge on any atom is 0.185 e. The lowest BCUT2D eigenvalue weighted by atomic mass is 10.0. The minimum absolute atomic E-state index is 0.724. The van der Waals surface area contributed by atoms with Crippen molar-refractivity contribution < 1.29 is 0 Å². The molecule has 0 spiro atoms. The molecule has 5 heteroatoms. The average molecular weight is 312 g/mol. The van der Waals surface area contributed by atoms with Gasteiger partial charge < -0.3 is 10.2 Å². The van der Waals surface area contributed by atoms with Crippen molar-refractivity contribution >= 4 is 28.2 Å². The molecule has 1 aliphatic carbocycles. The van der Waals surface area contributed by atoms with E-state index in [9.17, 15) is 0 Å². The number of hydrogen-bond donors (Lipinski definition) is 1. The summed E-state index contributed by atoms with van der Waals surface area (Å²) in [6, 6.07) is 1.50. The van der Waals surface area contributed by atoms with Crippen molar-refractivity contribution in [2.75, 3.05) is 23.7 Å². The Balaban J connectivity index is 1.41. The number of nitrogens with zero attached hydrogens (tertiary/aromatic N) is 2. The zero-order valence-corrected chi connectivity index (χ0v) is 13.9. The van der Waals surface area contributed by atoms with Crippen molar-refractivity contribution in [3.8, 4) is 0 Å². The van der Waals surface area contributed by atoms with Gasteiger partial charge in [0, 0.05) is 42.0 Å². The highest BCUT2D eigenvalue weighted by atomic mass is 32.2. The molecule has 2 atom stereocenters. The average Bonchev–Trinajstić information content (AvgIpc) is 3.12. The molecule has 3 rings (SSSR count). The van der Waals surface area contributed by atoms with Crippen LogP contribution in [0.2, 0.25) is 0 Å². The molecule has 3 nitrogen and oxygen atoms in total. The Bertz CT molecular complexity index is 388. The van der Waals surface area contributed by atoms with Gasteiger partial charge in [-0.2, -0.15) is 11.8 Å². The van der Waals surface area contributed by atoms with Gasteiger partial charge in [-0.25, -0.2) is 4.98 Å². The van der Waals surface area contributed by atoms with E-state index < -0.39 is 0 Å². The van der Waals surface area contributed by atoms with Gasteiger partial charge in [-0.05, 0) is 37.9 Å². The molecule has 2 aliphatic rings. The molecule has 0 radical (unpaired) electrons. The molecule has 1 aliphatic heterocycles. The number of nitrogens with one attached hydrogen (secondary N) is 1. The van der Waals surface area contributed by atoms with E-state index in [1.165, 1.54) is 43.0 Å². The normalized spacial score (nSPS) is 28.1. The third-order valence-corrected chi connectivity index (χ3v) is 6.51. The van der Waals surface area contributed by atoms with Crippen LogP contribution in [0.25, 0.3) is 0 Å². The fraction of sp³-hybridized carbons (Fsp3) is 0.800. The zero-order valence-electron chi connectivity index (χ0n) is 12.3. The van der Waals surface area contributed by atoms with Crippen LogP contribution in [-0.4, -0.2) is 41.2 Å². The van der Waals surface area contributed by atoms with Gasteiger partial charge in [-0.15, -0.1) is 11.3 Å². The van der Waals surface area contributed by atoms with Gasteiger partial charge in [-0.3, -0.25) is 0 Å². The van der Waals surface area contributed by atoms with Crippen molar-refractivity contribution in [2.45, 2.75) is 56.4 Å². The molecule has 1 aromatic heterocycles. The fourth-order valence-electron chi connectivity index (χ4n) is 3.42. The molecule has 1 N–H and O–H groups in total. The summed E-state index contributed by atoms with van der Waals surface area (Å²) in [7, 11) is 0. The topological polar surface area (TPSA) is 28.2 Å². The van der Waals surface area contributed by atoms with Gasteiger partial charge in [0.05, 0.1) is 0 Å². The van der Waals surface area contributed by atoms with E-state index in [4.69, 9.17) is 0 Å². The monoisotopic (exact) mass is 311 g/mol. The molecule has 0 amide bonds. The highest BCUT2D eigenvalue weighted by Crippen LogP contribution is 2.30. The Hall–Kier alpha value is -0.260. The maximum absolute atomic E-state index is 4.42. The number of piperidine rings is 1. The number of rotatable bonds is 5. The van der Waals surface area contributed by atoms with Gasteiger partial charge in [0.25, 0.3) is 0 Å². The second kappa shape index (κ2) is 7.14. The minimum Gasteiger partial charge on any atom is -0.348 e. The molecule has 0 bridgehead atoms. The first-order chi connectivity index (χ1) is 9.85. The Labute approximate surface area is 130 Å². The number of aromatic nitrogens is 1. The number of thioether (sulfide) groups is 1. The van der Waals surface area contributed by atoms with Crippen LogP contribution in [0.3, 0.4) is 0 Å². The quantitative estimate of drug-likeness (QED) is 0.902. The van der Waals surface area contributed by atoms with Crippen LogP contribution in [0.1, 0.15) is 39.0 Å². The van der Waals surface area contributed by atoms with E-state index >= 15 is 0 Å². The van der Waals surface area contributed by atoms with E-state index in [0.29, 0.717) is 0 Å². The molecule has 0 aromatic carbocycles. The first kappa shape index (κ1) is 14.7. The molecule has 2 unspecified atom stereocenters.